The van der Waals surface area contributed by atoms with E-state index in [4.69, 9.17) is 4.74 Å². The Morgan fingerprint density at radius 1 is 1.03 bits per heavy atom. The number of ether oxygens (including phenoxy) is 1. The van der Waals surface area contributed by atoms with Crippen LogP contribution in [0, 0.1) is 20.8 Å². The van der Waals surface area contributed by atoms with Crippen LogP contribution in [-0.4, -0.2) is 21.6 Å². The van der Waals surface area contributed by atoms with Crippen molar-refractivity contribution < 1.29 is 9.53 Å². The molecule has 1 aromatic heterocycles. The van der Waals surface area contributed by atoms with Gasteiger partial charge in [0.15, 0.2) is 5.03 Å². The molecule has 1 N–H and O–H groups in total. The third kappa shape index (κ3) is 5.57. The average Bonchev–Trinajstić information content (AvgIpc) is 2.71. The number of hydrogen-bond donors (Lipinski definition) is 1. The van der Waals surface area contributed by atoms with Crippen LogP contribution in [0.5, 0.6) is 11.6 Å². The van der Waals surface area contributed by atoms with E-state index in [1.54, 1.807) is 12.4 Å². The standard InChI is InChI=1S/C23H25N3O2S/c1-15-9-10-19(13-17(15)3)18(4)26-21(27)14-29-23-22(24-11-12-25-23)28-20-8-6-5-7-16(20)2/h5-13,18H,14H2,1-4H3,(H,26,27)/t18-/m1/s1. The van der Waals surface area contributed by atoms with Gasteiger partial charge >= 0.3 is 0 Å². The topological polar surface area (TPSA) is 64.1 Å². The van der Waals surface area contributed by atoms with E-state index in [0.717, 1.165) is 16.9 Å². The van der Waals surface area contributed by atoms with Gasteiger partial charge in [-0.2, -0.15) is 0 Å². The first-order chi connectivity index (χ1) is 13.9. The molecule has 3 rings (SSSR count). The Labute approximate surface area is 175 Å². The van der Waals surface area contributed by atoms with Gasteiger partial charge in [0.25, 0.3) is 5.88 Å². The first kappa shape index (κ1) is 20.9. The molecule has 1 heterocycles. The fraction of sp³-hybridized carbons (Fsp3) is 0.261. The van der Waals surface area contributed by atoms with Crippen LogP contribution in [0.2, 0.25) is 0 Å². The molecule has 2 aromatic carbocycles. The minimum atomic E-state index is -0.0630. The molecule has 1 amide bonds. The summed E-state index contributed by atoms with van der Waals surface area (Å²) in [5.74, 6) is 1.30. The summed E-state index contributed by atoms with van der Waals surface area (Å²) in [5, 5.41) is 3.63. The number of benzene rings is 2. The number of para-hydroxylation sites is 1. The number of carbonyl (C=O) groups is 1. The molecule has 0 aliphatic rings. The van der Waals surface area contributed by atoms with Gasteiger partial charge in [-0.3, -0.25) is 4.79 Å². The van der Waals surface area contributed by atoms with E-state index in [2.05, 4.69) is 47.3 Å². The second kappa shape index (κ2) is 9.56. The molecule has 0 aliphatic carbocycles. The summed E-state index contributed by atoms with van der Waals surface area (Å²) >= 11 is 1.31. The van der Waals surface area contributed by atoms with Gasteiger partial charge in [0.1, 0.15) is 5.75 Å². The second-order valence-electron chi connectivity index (χ2n) is 6.96. The molecule has 0 fully saturated rings. The molecule has 0 radical (unpaired) electrons. The molecule has 0 saturated carbocycles. The summed E-state index contributed by atoms with van der Waals surface area (Å²) in [6.07, 6.45) is 3.18. The zero-order valence-corrected chi connectivity index (χ0v) is 17.9. The summed E-state index contributed by atoms with van der Waals surface area (Å²) in [4.78, 5) is 21.1. The molecule has 0 saturated heterocycles. The lowest BCUT2D eigenvalue weighted by Gasteiger charge is -2.16. The normalized spacial score (nSPS) is 11.7. The van der Waals surface area contributed by atoms with Gasteiger partial charge in [-0.15, -0.1) is 0 Å². The quantitative estimate of drug-likeness (QED) is 0.548. The summed E-state index contributed by atoms with van der Waals surface area (Å²) in [5.41, 5.74) is 4.56. The van der Waals surface area contributed by atoms with Gasteiger partial charge in [0.05, 0.1) is 11.8 Å². The Morgan fingerprint density at radius 3 is 2.55 bits per heavy atom. The minimum Gasteiger partial charge on any atom is -0.436 e. The fourth-order valence-corrected chi connectivity index (χ4v) is 3.50. The van der Waals surface area contributed by atoms with Crippen LogP contribution in [-0.2, 0) is 4.79 Å². The number of nitrogens with one attached hydrogen (secondary N) is 1. The first-order valence-electron chi connectivity index (χ1n) is 9.48. The van der Waals surface area contributed by atoms with Crippen molar-refractivity contribution in [3.05, 3.63) is 77.1 Å². The van der Waals surface area contributed by atoms with E-state index in [1.165, 1.54) is 22.9 Å². The largest absolute Gasteiger partial charge is 0.436 e. The van der Waals surface area contributed by atoms with Crippen molar-refractivity contribution in [1.29, 1.82) is 0 Å². The van der Waals surface area contributed by atoms with E-state index in [-0.39, 0.29) is 17.7 Å². The predicted molar refractivity (Wildman–Crippen MR) is 116 cm³/mol. The lowest BCUT2D eigenvalue weighted by Crippen LogP contribution is -2.28. The zero-order valence-electron chi connectivity index (χ0n) is 17.1. The van der Waals surface area contributed by atoms with Crippen LogP contribution in [0.1, 0.15) is 35.2 Å². The van der Waals surface area contributed by atoms with Crippen LogP contribution in [0.4, 0.5) is 0 Å². The van der Waals surface area contributed by atoms with Crippen LogP contribution in [0.15, 0.2) is 59.9 Å². The molecule has 0 spiro atoms. The SMILES string of the molecule is Cc1ccc([C@@H](C)NC(=O)CSc2nccnc2Oc2ccccc2C)cc1C. The maximum atomic E-state index is 12.5. The molecule has 5 nitrogen and oxygen atoms in total. The molecule has 29 heavy (non-hydrogen) atoms. The summed E-state index contributed by atoms with van der Waals surface area (Å²) < 4.78 is 5.92. The lowest BCUT2D eigenvalue weighted by atomic mass is 10.0. The van der Waals surface area contributed by atoms with Crippen molar-refractivity contribution >= 4 is 17.7 Å². The van der Waals surface area contributed by atoms with Crippen molar-refractivity contribution in [3.8, 4) is 11.6 Å². The lowest BCUT2D eigenvalue weighted by molar-refractivity contribution is -0.119. The number of amides is 1. The highest BCUT2D eigenvalue weighted by Gasteiger charge is 2.14. The van der Waals surface area contributed by atoms with Crippen molar-refractivity contribution in [2.24, 2.45) is 0 Å². The Kier molecular flexibility index (Phi) is 6.88. The van der Waals surface area contributed by atoms with Crippen molar-refractivity contribution in [2.75, 3.05) is 5.75 Å². The van der Waals surface area contributed by atoms with Gasteiger partial charge in [-0.1, -0.05) is 48.2 Å². The van der Waals surface area contributed by atoms with Crippen molar-refractivity contribution in [3.63, 3.8) is 0 Å². The van der Waals surface area contributed by atoms with Gasteiger partial charge in [0.2, 0.25) is 5.91 Å². The van der Waals surface area contributed by atoms with Gasteiger partial charge in [0, 0.05) is 12.4 Å². The Hall–Kier alpha value is -2.86. The smallest absolute Gasteiger partial charge is 0.252 e. The highest BCUT2D eigenvalue weighted by atomic mass is 32.2. The van der Waals surface area contributed by atoms with Gasteiger partial charge < -0.3 is 10.1 Å². The first-order valence-corrected chi connectivity index (χ1v) is 10.5. The van der Waals surface area contributed by atoms with E-state index in [9.17, 15) is 4.79 Å². The highest BCUT2D eigenvalue weighted by Crippen LogP contribution is 2.30. The Balaban J connectivity index is 1.61. The van der Waals surface area contributed by atoms with E-state index in [1.807, 2.05) is 38.1 Å². The van der Waals surface area contributed by atoms with Crippen molar-refractivity contribution in [2.45, 2.75) is 38.8 Å². The Bertz CT molecular complexity index is 1010. The fourth-order valence-electron chi connectivity index (χ4n) is 2.79. The van der Waals surface area contributed by atoms with Gasteiger partial charge in [-0.25, -0.2) is 9.97 Å². The van der Waals surface area contributed by atoms with Gasteiger partial charge in [-0.05, 0) is 56.0 Å². The van der Waals surface area contributed by atoms with E-state index >= 15 is 0 Å². The number of hydrogen-bond acceptors (Lipinski definition) is 5. The molecule has 150 valence electrons. The Morgan fingerprint density at radius 2 is 1.79 bits per heavy atom. The summed E-state index contributed by atoms with van der Waals surface area (Å²) in [6, 6.07) is 13.9. The number of aryl methyl sites for hydroxylation is 3. The molecular weight excluding hydrogens is 382 g/mol. The highest BCUT2D eigenvalue weighted by molar-refractivity contribution is 8.00. The van der Waals surface area contributed by atoms with Crippen molar-refractivity contribution in [1.82, 2.24) is 15.3 Å². The molecule has 0 aliphatic heterocycles. The predicted octanol–water partition coefficient (Wildman–Crippen LogP) is 5.16. The number of aromatic nitrogens is 2. The van der Waals surface area contributed by atoms with Crippen LogP contribution in [0.3, 0.4) is 0 Å². The molecular formula is C23H25N3O2S. The summed E-state index contributed by atoms with van der Waals surface area (Å²) in [7, 11) is 0. The van der Waals surface area contributed by atoms with Crippen LogP contribution in [0.25, 0.3) is 0 Å². The molecule has 0 bridgehead atoms. The molecule has 0 unspecified atom stereocenters. The monoisotopic (exact) mass is 407 g/mol. The number of nitrogens with zero attached hydrogens (tertiary/aromatic N) is 2. The van der Waals surface area contributed by atoms with E-state index in [0.29, 0.717) is 10.9 Å². The molecule has 6 heteroatoms. The number of thioether (sulfide) groups is 1. The molecule has 1 atom stereocenters. The van der Waals surface area contributed by atoms with Crippen LogP contribution >= 0.6 is 11.8 Å². The zero-order chi connectivity index (χ0) is 20.8. The summed E-state index contributed by atoms with van der Waals surface area (Å²) in [6.45, 7) is 8.12. The minimum absolute atomic E-state index is 0.0618. The molecule has 3 aromatic rings. The number of carbonyl (C=O) groups excluding carboxylic acids is 1. The maximum absolute atomic E-state index is 12.5. The average molecular weight is 408 g/mol. The third-order valence-electron chi connectivity index (χ3n) is 4.68. The number of rotatable bonds is 7. The maximum Gasteiger partial charge on any atom is 0.252 e. The van der Waals surface area contributed by atoms with Crippen LogP contribution < -0.4 is 10.1 Å². The second-order valence-corrected chi connectivity index (χ2v) is 7.92. The third-order valence-corrected chi connectivity index (χ3v) is 5.64. The van der Waals surface area contributed by atoms with E-state index < -0.39 is 0 Å².